The fourth-order valence-corrected chi connectivity index (χ4v) is 5.68. The largest absolute Gasteiger partial charge is 0.504 e. The first-order valence-corrected chi connectivity index (χ1v) is 10.9. The second-order valence-electron chi connectivity index (χ2n) is 6.06. The monoisotopic (exact) mass is 492 g/mol. The third-order valence-corrected chi connectivity index (χ3v) is 7.20. The van der Waals surface area contributed by atoms with Crippen LogP contribution in [0.4, 0.5) is 0 Å². The molecule has 0 saturated heterocycles. The van der Waals surface area contributed by atoms with Gasteiger partial charge in [-0.25, -0.2) is 0 Å². The summed E-state index contributed by atoms with van der Waals surface area (Å²) in [6.45, 7) is 0. The average molecular weight is 494 g/mol. The average Bonchev–Trinajstić information content (AvgIpc) is 2.64. The van der Waals surface area contributed by atoms with E-state index >= 15 is 0 Å². The van der Waals surface area contributed by atoms with Crippen molar-refractivity contribution in [3.05, 3.63) is 91.4 Å². The summed E-state index contributed by atoms with van der Waals surface area (Å²) in [5.41, 5.74) is -0.785. The molecule has 0 fully saturated rings. The number of benzene rings is 3. The summed E-state index contributed by atoms with van der Waals surface area (Å²) < 4.78 is 34.0. The Bertz CT molecular complexity index is 1210. The molecule has 0 bridgehead atoms. The van der Waals surface area contributed by atoms with E-state index in [2.05, 4.69) is 0 Å². The Hall–Kier alpha value is -1.67. The van der Waals surface area contributed by atoms with Crippen LogP contribution < -0.4 is 0 Å². The van der Waals surface area contributed by atoms with Gasteiger partial charge in [0.2, 0.25) is 0 Å². The molecule has 0 aromatic heterocycles. The van der Waals surface area contributed by atoms with Crippen molar-refractivity contribution in [2.45, 2.75) is 4.75 Å². The van der Waals surface area contributed by atoms with Crippen LogP contribution in [0.25, 0.3) is 0 Å². The predicted octanol–water partition coefficient (Wildman–Crippen LogP) is 5.89. The Morgan fingerprint density at radius 1 is 0.828 bits per heavy atom. The molecule has 29 heavy (non-hydrogen) atoms. The van der Waals surface area contributed by atoms with Gasteiger partial charge < -0.3 is 10.2 Å². The highest BCUT2D eigenvalue weighted by atomic mass is 35.5. The van der Waals surface area contributed by atoms with Crippen LogP contribution in [0.2, 0.25) is 20.1 Å². The van der Waals surface area contributed by atoms with Crippen LogP contribution >= 0.6 is 46.4 Å². The molecule has 10 heteroatoms. The lowest BCUT2D eigenvalue weighted by Crippen LogP contribution is -2.39. The van der Waals surface area contributed by atoms with E-state index in [4.69, 9.17) is 46.4 Å². The Morgan fingerprint density at radius 3 is 2.07 bits per heavy atom. The van der Waals surface area contributed by atoms with E-state index in [1.807, 2.05) is 0 Å². The van der Waals surface area contributed by atoms with Crippen molar-refractivity contribution in [3.63, 3.8) is 0 Å². The van der Waals surface area contributed by atoms with Gasteiger partial charge in [-0.2, -0.15) is 8.42 Å². The minimum Gasteiger partial charge on any atom is -0.504 e. The molecule has 0 amide bonds. The van der Waals surface area contributed by atoms with Crippen molar-refractivity contribution in [1.82, 2.24) is 0 Å². The molecule has 0 radical (unpaired) electrons. The van der Waals surface area contributed by atoms with Gasteiger partial charge in [-0.15, -0.1) is 0 Å². The third kappa shape index (κ3) is 3.54. The Kier molecular flexibility index (Phi) is 5.98. The molecule has 3 aromatic carbocycles. The molecule has 3 aromatic rings. The summed E-state index contributed by atoms with van der Waals surface area (Å²) in [4.78, 5) is 0. The van der Waals surface area contributed by atoms with Crippen molar-refractivity contribution in [1.29, 1.82) is 0 Å². The number of hydrogen-bond acceptors (Lipinski definition) is 4. The molecule has 3 rings (SSSR count). The van der Waals surface area contributed by atoms with Gasteiger partial charge in [-0.05, 0) is 35.9 Å². The van der Waals surface area contributed by atoms with Crippen LogP contribution in [0, 0.1) is 0 Å². The van der Waals surface area contributed by atoms with E-state index in [1.165, 1.54) is 48.5 Å². The van der Waals surface area contributed by atoms with Crippen LogP contribution in [0.3, 0.4) is 0 Å². The number of aromatic hydroxyl groups is 2. The highest BCUT2D eigenvalue weighted by molar-refractivity contribution is 7.87. The topological polar surface area (TPSA) is 94.8 Å². The maximum atomic E-state index is 13.0. The highest BCUT2D eigenvalue weighted by Crippen LogP contribution is 2.53. The molecule has 5 nitrogen and oxygen atoms in total. The first kappa shape index (κ1) is 22.0. The Balaban J connectivity index is 2.68. The molecule has 152 valence electrons. The summed E-state index contributed by atoms with van der Waals surface area (Å²) in [6, 6.07) is 11.9. The zero-order chi connectivity index (χ0) is 21.6. The van der Waals surface area contributed by atoms with Gasteiger partial charge in [0.05, 0.1) is 10.0 Å². The van der Waals surface area contributed by atoms with Gasteiger partial charge in [-0.3, -0.25) is 4.55 Å². The quantitative estimate of drug-likeness (QED) is 0.182. The first-order chi connectivity index (χ1) is 13.5. The molecule has 0 spiro atoms. The van der Waals surface area contributed by atoms with E-state index < -0.39 is 31.9 Å². The normalized spacial score (nSPS) is 13.8. The van der Waals surface area contributed by atoms with E-state index in [1.54, 1.807) is 0 Å². The fraction of sp³-hybridized carbons (Fsp3) is 0.0526. The van der Waals surface area contributed by atoms with Crippen LogP contribution in [-0.4, -0.2) is 23.2 Å². The summed E-state index contributed by atoms with van der Waals surface area (Å²) in [7, 11) is -5.16. The summed E-state index contributed by atoms with van der Waals surface area (Å²) in [5.74, 6) is -1.41. The number of phenolic OH excluding ortho intramolecular Hbond substituents is 2. The molecule has 0 aliphatic carbocycles. The van der Waals surface area contributed by atoms with Crippen LogP contribution in [-0.2, 0) is 14.9 Å². The fourth-order valence-electron chi connectivity index (χ4n) is 3.22. The summed E-state index contributed by atoms with van der Waals surface area (Å²) in [5, 5.41) is 20.3. The zero-order valence-corrected chi connectivity index (χ0v) is 18.1. The number of rotatable bonds is 4. The molecule has 0 aliphatic heterocycles. The highest BCUT2D eigenvalue weighted by Gasteiger charge is 2.53. The molecule has 1 atom stereocenters. The van der Waals surface area contributed by atoms with Gasteiger partial charge >= 0.3 is 0 Å². The van der Waals surface area contributed by atoms with Crippen LogP contribution in [0.15, 0.2) is 54.6 Å². The van der Waals surface area contributed by atoms with Crippen molar-refractivity contribution < 1.29 is 23.2 Å². The summed E-state index contributed by atoms with van der Waals surface area (Å²) in [6.07, 6.45) is 0. The van der Waals surface area contributed by atoms with Crippen molar-refractivity contribution in [2.75, 3.05) is 0 Å². The molecule has 1 unspecified atom stereocenters. The lowest BCUT2D eigenvalue weighted by atomic mass is 9.83. The maximum absolute atomic E-state index is 13.0. The first-order valence-electron chi connectivity index (χ1n) is 7.90. The second-order valence-corrected chi connectivity index (χ2v) is 9.25. The van der Waals surface area contributed by atoms with Crippen molar-refractivity contribution >= 4 is 56.5 Å². The van der Waals surface area contributed by atoms with Crippen molar-refractivity contribution in [3.8, 4) is 11.5 Å². The third-order valence-electron chi connectivity index (χ3n) is 4.41. The number of hydrogen-bond donors (Lipinski definition) is 3. The molecular weight excluding hydrogens is 482 g/mol. The Labute approximate surface area is 186 Å². The number of halogens is 4. The lowest BCUT2D eigenvalue weighted by Gasteiger charge is -2.34. The lowest BCUT2D eigenvalue weighted by molar-refractivity contribution is 0.393. The van der Waals surface area contributed by atoms with Gasteiger partial charge in [0, 0.05) is 21.2 Å². The number of para-hydroxylation sites is 1. The van der Waals surface area contributed by atoms with Gasteiger partial charge in [0.25, 0.3) is 10.1 Å². The molecule has 0 aliphatic rings. The summed E-state index contributed by atoms with van der Waals surface area (Å²) >= 11 is 24.9. The Morgan fingerprint density at radius 2 is 1.45 bits per heavy atom. The predicted molar refractivity (Wildman–Crippen MR) is 114 cm³/mol. The van der Waals surface area contributed by atoms with E-state index in [-0.39, 0.29) is 31.2 Å². The molecular formula is C19H12Cl4O5S. The SMILES string of the molecule is O=S(=O)(O)C(c1cccc(Cl)c1)(c1cccc(O)c1O)c1c(Cl)ccc(Cl)c1Cl. The van der Waals surface area contributed by atoms with Crippen LogP contribution in [0.5, 0.6) is 11.5 Å². The molecule has 0 heterocycles. The second kappa shape index (κ2) is 7.87. The van der Waals surface area contributed by atoms with Crippen LogP contribution in [0.1, 0.15) is 16.7 Å². The van der Waals surface area contributed by atoms with E-state index in [9.17, 15) is 23.2 Å². The number of phenols is 2. The maximum Gasteiger partial charge on any atom is 0.283 e. The van der Waals surface area contributed by atoms with Gasteiger partial charge in [-0.1, -0.05) is 70.7 Å². The smallest absolute Gasteiger partial charge is 0.283 e. The molecule has 3 N–H and O–H groups in total. The minimum absolute atomic E-state index is 0.0410. The zero-order valence-electron chi connectivity index (χ0n) is 14.3. The van der Waals surface area contributed by atoms with E-state index in [0.29, 0.717) is 0 Å². The van der Waals surface area contributed by atoms with Crippen molar-refractivity contribution in [2.24, 2.45) is 0 Å². The standard InChI is InChI=1S/C19H12Cl4O5S/c20-11-4-1-3-10(9-11)19(29(26,27)28,12-5-2-6-15(24)18(12)25)16-13(21)7-8-14(22)17(16)23/h1-9,24-25H,(H,26,27,28). The molecule has 0 saturated carbocycles. The van der Waals surface area contributed by atoms with Gasteiger partial charge in [0.1, 0.15) is 0 Å². The van der Waals surface area contributed by atoms with Gasteiger partial charge in [0.15, 0.2) is 16.2 Å². The minimum atomic E-state index is -5.16. The van der Waals surface area contributed by atoms with E-state index in [0.717, 1.165) is 6.07 Å².